The molecule has 0 unspecified atom stereocenters. The first-order valence-corrected chi connectivity index (χ1v) is 7.84. The Balaban J connectivity index is 1.77. The van der Waals surface area contributed by atoms with E-state index in [0.717, 1.165) is 25.4 Å². The van der Waals surface area contributed by atoms with Crippen molar-refractivity contribution in [1.29, 1.82) is 0 Å². The Morgan fingerprint density at radius 3 is 2.90 bits per heavy atom. The predicted octanol–water partition coefficient (Wildman–Crippen LogP) is 5.46. The molecule has 6 heteroatoms. The van der Waals surface area contributed by atoms with Gasteiger partial charge in [-0.05, 0) is 35.9 Å². The summed E-state index contributed by atoms with van der Waals surface area (Å²) in [5.41, 5.74) is 1.87. The lowest BCUT2D eigenvalue weighted by molar-refractivity contribution is 0.627. The van der Waals surface area contributed by atoms with Crippen molar-refractivity contribution in [3.05, 3.63) is 57.3 Å². The van der Waals surface area contributed by atoms with Crippen LogP contribution in [0.5, 0.6) is 0 Å². The van der Waals surface area contributed by atoms with Crippen molar-refractivity contribution in [2.24, 2.45) is 0 Å². The van der Waals surface area contributed by atoms with E-state index in [0.29, 0.717) is 6.54 Å². The monoisotopic (exact) mass is 370 g/mol. The summed E-state index contributed by atoms with van der Waals surface area (Å²) in [6.45, 7) is 0.557. The second-order valence-corrected chi connectivity index (χ2v) is 6.59. The summed E-state index contributed by atoms with van der Waals surface area (Å²) in [4.78, 5) is 4.49. The lowest BCUT2D eigenvalue weighted by Crippen LogP contribution is -1.99. The zero-order valence-electron chi connectivity index (χ0n) is 10.2. The second-order valence-electron chi connectivity index (χ2n) is 4.23. The molecule has 0 amide bonds. The summed E-state index contributed by atoms with van der Waals surface area (Å²) in [6, 6.07) is 10.7. The fourth-order valence-corrected chi connectivity index (χ4v) is 3.42. The molecular formula is C14H9BrClFN2S. The number of nitrogens with zero attached hydrogens (tertiary/aromatic N) is 1. The summed E-state index contributed by atoms with van der Waals surface area (Å²) in [5, 5.41) is 4.20. The summed E-state index contributed by atoms with van der Waals surface area (Å²) in [6.07, 6.45) is 0. The molecule has 0 radical (unpaired) electrons. The molecule has 0 aliphatic heterocycles. The minimum Gasteiger partial charge on any atom is -0.357 e. The molecule has 1 heterocycles. The topological polar surface area (TPSA) is 24.9 Å². The van der Waals surface area contributed by atoms with Gasteiger partial charge >= 0.3 is 0 Å². The molecule has 0 fully saturated rings. The normalized spacial score (nSPS) is 10.9. The van der Waals surface area contributed by atoms with Gasteiger partial charge in [-0.1, -0.05) is 44.9 Å². The van der Waals surface area contributed by atoms with Gasteiger partial charge in [0.05, 0.1) is 15.2 Å². The van der Waals surface area contributed by atoms with Crippen molar-refractivity contribution in [3.8, 4) is 0 Å². The molecule has 20 heavy (non-hydrogen) atoms. The van der Waals surface area contributed by atoms with E-state index >= 15 is 0 Å². The average molecular weight is 372 g/mol. The highest BCUT2D eigenvalue weighted by Gasteiger charge is 2.05. The Kier molecular flexibility index (Phi) is 3.92. The van der Waals surface area contributed by atoms with Crippen LogP contribution in [-0.2, 0) is 6.54 Å². The molecule has 0 spiro atoms. The summed E-state index contributed by atoms with van der Waals surface area (Å²) >= 11 is 10.8. The fraction of sp³-hybridized carbons (Fsp3) is 0.0714. The van der Waals surface area contributed by atoms with Crippen molar-refractivity contribution in [2.45, 2.75) is 6.54 Å². The standard InChI is InChI=1S/C14H9BrClFN2S/c15-9-2-4-12-13(6-9)20-14(19-12)18-7-8-1-3-11(17)10(16)5-8/h1-6H,7H2,(H,18,19). The van der Waals surface area contributed by atoms with Gasteiger partial charge in [0.2, 0.25) is 0 Å². The fourth-order valence-electron chi connectivity index (χ4n) is 1.80. The Bertz CT molecular complexity index is 775. The van der Waals surface area contributed by atoms with Crippen LogP contribution in [0.15, 0.2) is 40.9 Å². The third-order valence-corrected chi connectivity index (χ3v) is 4.54. The molecule has 2 aromatic carbocycles. The average Bonchev–Trinajstić information content (AvgIpc) is 2.82. The number of aromatic nitrogens is 1. The van der Waals surface area contributed by atoms with Gasteiger partial charge in [-0.3, -0.25) is 0 Å². The van der Waals surface area contributed by atoms with Crippen LogP contribution in [0.25, 0.3) is 10.2 Å². The first-order chi connectivity index (χ1) is 9.61. The molecule has 0 aliphatic rings. The van der Waals surface area contributed by atoms with Gasteiger partial charge in [-0.25, -0.2) is 9.37 Å². The van der Waals surface area contributed by atoms with Gasteiger partial charge in [0.15, 0.2) is 5.13 Å². The van der Waals surface area contributed by atoms with Gasteiger partial charge < -0.3 is 5.32 Å². The van der Waals surface area contributed by atoms with Crippen LogP contribution in [-0.4, -0.2) is 4.98 Å². The summed E-state index contributed by atoms with van der Waals surface area (Å²) in [7, 11) is 0. The van der Waals surface area contributed by atoms with E-state index in [-0.39, 0.29) is 5.02 Å². The lowest BCUT2D eigenvalue weighted by atomic mass is 10.2. The van der Waals surface area contributed by atoms with E-state index in [4.69, 9.17) is 11.6 Å². The predicted molar refractivity (Wildman–Crippen MR) is 86.1 cm³/mol. The van der Waals surface area contributed by atoms with Gasteiger partial charge in [0.25, 0.3) is 0 Å². The zero-order valence-corrected chi connectivity index (χ0v) is 13.3. The molecule has 2 nitrogen and oxygen atoms in total. The molecule has 0 bridgehead atoms. The first kappa shape index (κ1) is 13.8. The van der Waals surface area contributed by atoms with Crippen molar-refractivity contribution >= 4 is 54.2 Å². The van der Waals surface area contributed by atoms with Gasteiger partial charge in [-0.15, -0.1) is 0 Å². The molecule has 3 rings (SSSR count). The molecule has 102 valence electrons. The number of fused-ring (bicyclic) bond motifs is 1. The number of hydrogen-bond donors (Lipinski definition) is 1. The molecule has 3 aromatic rings. The van der Waals surface area contributed by atoms with Crippen molar-refractivity contribution in [3.63, 3.8) is 0 Å². The zero-order chi connectivity index (χ0) is 14.1. The van der Waals surface area contributed by atoms with Crippen molar-refractivity contribution < 1.29 is 4.39 Å². The molecule has 1 aromatic heterocycles. The maximum absolute atomic E-state index is 13.1. The SMILES string of the molecule is Fc1ccc(CNc2nc3ccc(Br)cc3s2)cc1Cl. The van der Waals surface area contributed by atoms with Crippen LogP contribution < -0.4 is 5.32 Å². The van der Waals surface area contributed by atoms with E-state index in [1.165, 1.54) is 6.07 Å². The summed E-state index contributed by atoms with van der Waals surface area (Å²) in [5.74, 6) is -0.403. The maximum atomic E-state index is 13.1. The van der Waals surface area contributed by atoms with E-state index < -0.39 is 5.82 Å². The summed E-state index contributed by atoms with van der Waals surface area (Å²) < 4.78 is 15.2. The van der Waals surface area contributed by atoms with Crippen LogP contribution in [0.3, 0.4) is 0 Å². The number of hydrogen-bond acceptors (Lipinski definition) is 3. The molecule has 0 saturated heterocycles. The highest BCUT2D eigenvalue weighted by molar-refractivity contribution is 9.10. The minimum absolute atomic E-state index is 0.137. The highest BCUT2D eigenvalue weighted by atomic mass is 79.9. The largest absolute Gasteiger partial charge is 0.357 e. The highest BCUT2D eigenvalue weighted by Crippen LogP contribution is 2.28. The molecule has 0 atom stereocenters. The molecule has 0 saturated carbocycles. The van der Waals surface area contributed by atoms with Crippen LogP contribution in [0.1, 0.15) is 5.56 Å². The second kappa shape index (κ2) is 5.68. The third-order valence-electron chi connectivity index (χ3n) is 2.78. The van der Waals surface area contributed by atoms with Gasteiger partial charge in [0, 0.05) is 11.0 Å². The smallest absolute Gasteiger partial charge is 0.184 e. The quantitative estimate of drug-likeness (QED) is 0.661. The van der Waals surface area contributed by atoms with Gasteiger partial charge in [-0.2, -0.15) is 0 Å². The Morgan fingerprint density at radius 2 is 2.10 bits per heavy atom. The van der Waals surface area contributed by atoms with Crippen molar-refractivity contribution in [2.75, 3.05) is 5.32 Å². The van der Waals surface area contributed by atoms with E-state index in [2.05, 4.69) is 26.2 Å². The number of rotatable bonds is 3. The Morgan fingerprint density at radius 1 is 1.25 bits per heavy atom. The van der Waals surface area contributed by atoms with E-state index in [9.17, 15) is 4.39 Å². The number of benzene rings is 2. The van der Waals surface area contributed by atoms with Crippen LogP contribution in [0.2, 0.25) is 5.02 Å². The Hall–Kier alpha value is -1.17. The van der Waals surface area contributed by atoms with Gasteiger partial charge in [0.1, 0.15) is 5.82 Å². The molecular weight excluding hydrogens is 363 g/mol. The lowest BCUT2D eigenvalue weighted by Gasteiger charge is -2.03. The number of thiazole rings is 1. The first-order valence-electron chi connectivity index (χ1n) is 5.86. The minimum atomic E-state index is -0.403. The maximum Gasteiger partial charge on any atom is 0.184 e. The number of anilines is 1. The van der Waals surface area contributed by atoms with Crippen molar-refractivity contribution in [1.82, 2.24) is 4.98 Å². The van der Waals surface area contributed by atoms with Crippen LogP contribution in [0.4, 0.5) is 9.52 Å². The van der Waals surface area contributed by atoms with E-state index in [1.807, 2.05) is 18.2 Å². The molecule has 0 aliphatic carbocycles. The van der Waals surface area contributed by atoms with E-state index in [1.54, 1.807) is 23.5 Å². The third kappa shape index (κ3) is 2.95. The molecule has 1 N–H and O–H groups in total. The van der Waals surface area contributed by atoms with Crippen LogP contribution in [0, 0.1) is 5.82 Å². The Labute approximate surface area is 132 Å². The van der Waals surface area contributed by atoms with Crippen LogP contribution >= 0.6 is 38.9 Å². The number of nitrogens with one attached hydrogen (secondary N) is 1. The number of halogens is 3.